The Balaban J connectivity index is 1.36. The van der Waals surface area contributed by atoms with E-state index in [0.717, 1.165) is 49.9 Å². The summed E-state index contributed by atoms with van der Waals surface area (Å²) in [5.74, 6) is 1.50. The number of benzene rings is 1. The number of para-hydroxylation sites is 1. The Morgan fingerprint density at radius 2 is 1.68 bits per heavy atom. The molecule has 0 radical (unpaired) electrons. The van der Waals surface area contributed by atoms with Gasteiger partial charge in [-0.3, -0.25) is 4.79 Å². The van der Waals surface area contributed by atoms with Gasteiger partial charge in [0.05, 0.1) is 5.52 Å². The molecular formula is C23H32N4O. The molecule has 2 fully saturated rings. The molecule has 1 aromatic heterocycles. The van der Waals surface area contributed by atoms with Crippen molar-refractivity contribution >= 4 is 28.3 Å². The lowest BCUT2D eigenvalue weighted by Crippen LogP contribution is -2.42. The van der Waals surface area contributed by atoms with Crippen LogP contribution in [0.1, 0.15) is 51.4 Å². The summed E-state index contributed by atoms with van der Waals surface area (Å²) in [6.45, 7) is 0. The van der Waals surface area contributed by atoms with Crippen LogP contribution in [0, 0.1) is 5.92 Å². The second-order valence-corrected chi connectivity index (χ2v) is 8.62. The molecule has 2 aliphatic rings. The Labute approximate surface area is 167 Å². The highest BCUT2D eigenvalue weighted by atomic mass is 16.1. The van der Waals surface area contributed by atoms with Crippen molar-refractivity contribution in [1.29, 1.82) is 0 Å². The maximum Gasteiger partial charge on any atom is 0.223 e. The summed E-state index contributed by atoms with van der Waals surface area (Å²) in [7, 11) is 4.15. The molecule has 0 atom stereocenters. The Morgan fingerprint density at radius 1 is 1.00 bits per heavy atom. The minimum atomic E-state index is 0.266. The summed E-state index contributed by atoms with van der Waals surface area (Å²) in [6.07, 6.45) is 8.80. The second kappa shape index (κ2) is 8.38. The normalized spacial score (nSPS) is 22.9. The SMILES string of the molecule is CN(C)c1cc(NC2CCC(NC(=O)C3CCCC3)CC2)nc2ccccc12. The van der Waals surface area contributed by atoms with Crippen molar-refractivity contribution < 1.29 is 4.79 Å². The number of anilines is 2. The first-order valence-corrected chi connectivity index (χ1v) is 10.7. The molecule has 2 aromatic rings. The van der Waals surface area contributed by atoms with Gasteiger partial charge in [0.25, 0.3) is 0 Å². The second-order valence-electron chi connectivity index (χ2n) is 8.62. The van der Waals surface area contributed by atoms with E-state index in [1.54, 1.807) is 0 Å². The molecule has 150 valence electrons. The van der Waals surface area contributed by atoms with E-state index in [1.165, 1.54) is 23.9 Å². The summed E-state index contributed by atoms with van der Waals surface area (Å²) in [6, 6.07) is 11.2. The van der Waals surface area contributed by atoms with Gasteiger partial charge in [-0.05, 0) is 44.6 Å². The molecule has 2 aliphatic carbocycles. The summed E-state index contributed by atoms with van der Waals surface area (Å²) in [4.78, 5) is 19.3. The molecule has 0 spiro atoms. The molecule has 1 heterocycles. The summed E-state index contributed by atoms with van der Waals surface area (Å²) in [5, 5.41) is 8.13. The zero-order valence-corrected chi connectivity index (χ0v) is 17.1. The van der Waals surface area contributed by atoms with Crippen molar-refractivity contribution in [2.75, 3.05) is 24.3 Å². The number of aromatic nitrogens is 1. The van der Waals surface area contributed by atoms with Crippen LogP contribution in [-0.2, 0) is 4.79 Å². The first kappa shape index (κ1) is 19.0. The third kappa shape index (κ3) is 4.23. The topological polar surface area (TPSA) is 57.3 Å². The maximum atomic E-state index is 12.4. The fourth-order valence-electron chi connectivity index (χ4n) is 4.70. The van der Waals surface area contributed by atoms with E-state index in [-0.39, 0.29) is 5.92 Å². The number of nitrogens with one attached hydrogen (secondary N) is 2. The lowest BCUT2D eigenvalue weighted by molar-refractivity contribution is -0.125. The van der Waals surface area contributed by atoms with Crippen LogP contribution in [0.4, 0.5) is 11.5 Å². The number of carbonyl (C=O) groups is 1. The highest BCUT2D eigenvalue weighted by Crippen LogP contribution is 2.30. The van der Waals surface area contributed by atoms with Gasteiger partial charge in [-0.1, -0.05) is 31.0 Å². The Hall–Kier alpha value is -2.30. The van der Waals surface area contributed by atoms with Crippen molar-refractivity contribution in [2.24, 2.45) is 5.92 Å². The number of carbonyl (C=O) groups excluding carboxylic acids is 1. The predicted octanol–water partition coefficient (Wildman–Crippen LogP) is 4.33. The van der Waals surface area contributed by atoms with Crippen LogP contribution in [0.5, 0.6) is 0 Å². The van der Waals surface area contributed by atoms with Gasteiger partial charge in [-0.25, -0.2) is 4.98 Å². The molecule has 2 N–H and O–H groups in total. The van der Waals surface area contributed by atoms with Crippen LogP contribution in [0.3, 0.4) is 0 Å². The monoisotopic (exact) mass is 380 g/mol. The van der Waals surface area contributed by atoms with Crippen LogP contribution >= 0.6 is 0 Å². The first-order chi connectivity index (χ1) is 13.6. The van der Waals surface area contributed by atoms with E-state index in [1.807, 2.05) is 6.07 Å². The lowest BCUT2D eigenvalue weighted by Gasteiger charge is -2.31. The maximum absolute atomic E-state index is 12.4. The van der Waals surface area contributed by atoms with Crippen molar-refractivity contribution in [2.45, 2.75) is 63.5 Å². The van der Waals surface area contributed by atoms with Gasteiger partial charge in [-0.15, -0.1) is 0 Å². The number of fused-ring (bicyclic) bond motifs is 1. The van der Waals surface area contributed by atoms with Crippen molar-refractivity contribution in [3.05, 3.63) is 30.3 Å². The van der Waals surface area contributed by atoms with Gasteiger partial charge in [0, 0.05) is 49.2 Å². The fourth-order valence-corrected chi connectivity index (χ4v) is 4.70. The van der Waals surface area contributed by atoms with Crippen LogP contribution in [0.15, 0.2) is 30.3 Å². The van der Waals surface area contributed by atoms with E-state index in [0.29, 0.717) is 18.0 Å². The average Bonchev–Trinajstić information content (AvgIpc) is 3.24. The van der Waals surface area contributed by atoms with Gasteiger partial charge < -0.3 is 15.5 Å². The van der Waals surface area contributed by atoms with E-state index >= 15 is 0 Å². The van der Waals surface area contributed by atoms with Crippen molar-refractivity contribution in [3.8, 4) is 0 Å². The molecule has 2 saturated carbocycles. The first-order valence-electron chi connectivity index (χ1n) is 10.7. The molecule has 5 heteroatoms. The number of pyridine rings is 1. The molecule has 0 bridgehead atoms. The smallest absolute Gasteiger partial charge is 0.223 e. The molecule has 1 amide bonds. The number of rotatable bonds is 5. The Morgan fingerprint density at radius 3 is 2.39 bits per heavy atom. The molecular weight excluding hydrogens is 348 g/mol. The largest absolute Gasteiger partial charge is 0.377 e. The van der Waals surface area contributed by atoms with E-state index in [9.17, 15) is 4.79 Å². The van der Waals surface area contributed by atoms with Gasteiger partial charge in [0.15, 0.2) is 0 Å². The number of hydrogen-bond donors (Lipinski definition) is 2. The fraction of sp³-hybridized carbons (Fsp3) is 0.565. The van der Waals surface area contributed by atoms with Gasteiger partial charge in [0.2, 0.25) is 5.91 Å². The van der Waals surface area contributed by atoms with E-state index in [4.69, 9.17) is 4.98 Å². The molecule has 28 heavy (non-hydrogen) atoms. The van der Waals surface area contributed by atoms with Crippen LogP contribution in [0.25, 0.3) is 10.9 Å². The van der Waals surface area contributed by atoms with Gasteiger partial charge in [0.1, 0.15) is 5.82 Å². The van der Waals surface area contributed by atoms with Gasteiger partial charge in [-0.2, -0.15) is 0 Å². The molecule has 1 aromatic carbocycles. The highest BCUT2D eigenvalue weighted by molar-refractivity contribution is 5.93. The molecule has 0 unspecified atom stereocenters. The summed E-state index contributed by atoms with van der Waals surface area (Å²) >= 11 is 0. The zero-order chi connectivity index (χ0) is 19.5. The molecule has 5 nitrogen and oxygen atoms in total. The summed E-state index contributed by atoms with van der Waals surface area (Å²) in [5.41, 5.74) is 2.21. The Bertz CT molecular complexity index is 820. The molecule has 0 aliphatic heterocycles. The third-order valence-electron chi connectivity index (χ3n) is 6.33. The van der Waals surface area contributed by atoms with E-state index < -0.39 is 0 Å². The predicted molar refractivity (Wildman–Crippen MR) is 116 cm³/mol. The van der Waals surface area contributed by atoms with Crippen LogP contribution < -0.4 is 15.5 Å². The average molecular weight is 381 g/mol. The standard InChI is InChI=1S/C23H32N4O/c1-27(2)21-15-22(26-20-10-6-5-9-19(20)21)24-17-11-13-18(14-12-17)25-23(28)16-7-3-4-8-16/h5-6,9-10,15-18H,3-4,7-8,11-14H2,1-2H3,(H,24,26)(H,25,28). The lowest BCUT2D eigenvalue weighted by atomic mass is 9.90. The summed E-state index contributed by atoms with van der Waals surface area (Å²) < 4.78 is 0. The molecule has 0 saturated heterocycles. The number of hydrogen-bond acceptors (Lipinski definition) is 4. The van der Waals surface area contributed by atoms with Crippen molar-refractivity contribution in [3.63, 3.8) is 0 Å². The number of amides is 1. The minimum absolute atomic E-state index is 0.266. The van der Waals surface area contributed by atoms with Crippen LogP contribution in [-0.4, -0.2) is 37.1 Å². The van der Waals surface area contributed by atoms with Crippen molar-refractivity contribution in [1.82, 2.24) is 10.3 Å². The number of nitrogens with zero attached hydrogens (tertiary/aromatic N) is 2. The van der Waals surface area contributed by atoms with Crippen LogP contribution in [0.2, 0.25) is 0 Å². The van der Waals surface area contributed by atoms with Gasteiger partial charge >= 0.3 is 0 Å². The minimum Gasteiger partial charge on any atom is -0.377 e. The quantitative estimate of drug-likeness (QED) is 0.811. The highest BCUT2D eigenvalue weighted by Gasteiger charge is 2.27. The van der Waals surface area contributed by atoms with E-state index in [2.05, 4.69) is 53.9 Å². The molecule has 4 rings (SSSR count). The zero-order valence-electron chi connectivity index (χ0n) is 17.1. The Kier molecular flexibility index (Phi) is 5.69. The third-order valence-corrected chi connectivity index (χ3v) is 6.33.